The molecule has 4 atom stereocenters. The number of likely N-dealkylation sites (N-methyl/N-ethyl adjacent to an activating group) is 1. The number of ether oxygens (including phenoxy) is 3. The van der Waals surface area contributed by atoms with E-state index in [1.807, 2.05) is 13.8 Å². The van der Waals surface area contributed by atoms with Gasteiger partial charge in [0.15, 0.2) is 0 Å². The molecule has 0 aromatic heterocycles. The lowest BCUT2D eigenvalue weighted by Gasteiger charge is -2.35. The second-order valence-corrected chi connectivity index (χ2v) is 12.6. The second kappa shape index (κ2) is 18.2. The molecule has 12 nitrogen and oxygen atoms in total. The molecule has 3 aromatic rings. The number of carbonyl (C=O) groups excluding carboxylic acids is 3. The van der Waals surface area contributed by atoms with Crippen LogP contribution in [0.5, 0.6) is 11.5 Å². The third-order valence-corrected chi connectivity index (χ3v) is 8.55. The highest BCUT2D eigenvalue weighted by atomic mass is 19.1. The zero-order chi connectivity index (χ0) is 36.2. The van der Waals surface area contributed by atoms with Gasteiger partial charge in [-0.15, -0.1) is 0 Å². The largest absolute Gasteiger partial charge is 0.497 e. The first-order valence-corrected chi connectivity index (χ1v) is 16.8. The maximum Gasteiger partial charge on any atom is 0.323 e. The molecule has 0 saturated carbocycles. The molecule has 0 fully saturated rings. The highest BCUT2D eigenvalue weighted by Crippen LogP contribution is 2.29. The lowest BCUT2D eigenvalue weighted by Crippen LogP contribution is -2.48. The number of aliphatic hydroxyl groups is 1. The Morgan fingerprint density at radius 1 is 1.00 bits per heavy atom. The van der Waals surface area contributed by atoms with Crippen LogP contribution in [-0.2, 0) is 4.74 Å². The molecule has 0 unspecified atom stereocenters. The van der Waals surface area contributed by atoms with Crippen LogP contribution in [0.2, 0.25) is 0 Å². The Kier molecular flexibility index (Phi) is 13.8. The normalized spacial score (nSPS) is 19.2. The Morgan fingerprint density at radius 3 is 2.32 bits per heavy atom. The van der Waals surface area contributed by atoms with E-state index in [1.54, 1.807) is 73.3 Å². The van der Waals surface area contributed by atoms with E-state index in [1.165, 1.54) is 24.3 Å². The number of halogens is 1. The molecular weight excluding hydrogens is 645 g/mol. The van der Waals surface area contributed by atoms with Gasteiger partial charge in [-0.25, -0.2) is 14.0 Å². The predicted octanol–water partition coefficient (Wildman–Crippen LogP) is 6.44. The number of carbonyl (C=O) groups is 3. The third kappa shape index (κ3) is 10.8. The van der Waals surface area contributed by atoms with Crippen LogP contribution < -0.4 is 25.4 Å². The number of hydrogen-bond donors (Lipinski definition) is 4. The number of fused-ring (bicyclic) bond motifs is 1. The SMILES string of the molecule is COc1ccc(NC(=O)N(C)C[C@@H]2OCCCC[C@@H](C)Oc3ccc(NC(=O)Nc4ccc(F)cc4)cc3C(=O)N([C@@H](C)CO)C[C@H]2C)cc1. The van der Waals surface area contributed by atoms with Crippen molar-refractivity contribution in [2.75, 3.05) is 56.4 Å². The number of aliphatic hydroxyl groups excluding tert-OH is 1. The molecule has 0 bridgehead atoms. The smallest absolute Gasteiger partial charge is 0.323 e. The summed E-state index contributed by atoms with van der Waals surface area (Å²) in [4.78, 5) is 43.4. The minimum Gasteiger partial charge on any atom is -0.497 e. The minimum absolute atomic E-state index is 0.205. The molecule has 50 heavy (non-hydrogen) atoms. The van der Waals surface area contributed by atoms with E-state index in [0.717, 1.165) is 12.8 Å². The number of nitrogens with one attached hydrogen (secondary N) is 3. The van der Waals surface area contributed by atoms with Crippen LogP contribution in [0.4, 0.5) is 31.0 Å². The standard InChI is InChI=1S/C37H48FN5O7/c1-24-21-43(25(2)23-44)35(45)32-20-30(40-36(46)39-28-11-9-27(38)10-12-28)15-18-33(32)50-26(3)8-6-7-19-49-34(24)22-42(4)37(47)41-29-13-16-31(48-5)17-14-29/h9-18,20,24-26,34,44H,6-8,19,21-23H2,1-5H3,(H,41,47)(H2,39,40,46)/t24-,25+,26-,34+/m1/s1. The van der Waals surface area contributed by atoms with Crippen molar-refractivity contribution < 1.29 is 38.1 Å². The topological polar surface area (TPSA) is 142 Å². The van der Waals surface area contributed by atoms with Crippen molar-refractivity contribution in [1.82, 2.24) is 9.80 Å². The van der Waals surface area contributed by atoms with Gasteiger partial charge < -0.3 is 45.1 Å². The molecule has 1 aliphatic heterocycles. The van der Waals surface area contributed by atoms with E-state index in [9.17, 15) is 23.9 Å². The Balaban J connectivity index is 1.56. The molecule has 0 spiro atoms. The summed E-state index contributed by atoms with van der Waals surface area (Å²) < 4.78 is 31.1. The number of hydrogen-bond acceptors (Lipinski definition) is 7. The van der Waals surface area contributed by atoms with Gasteiger partial charge in [-0.1, -0.05) is 6.92 Å². The van der Waals surface area contributed by atoms with Gasteiger partial charge in [0.05, 0.1) is 37.5 Å². The zero-order valence-electron chi connectivity index (χ0n) is 29.3. The molecule has 270 valence electrons. The molecule has 4 rings (SSSR count). The molecule has 3 aromatic carbocycles. The molecule has 5 amide bonds. The van der Waals surface area contributed by atoms with Crippen LogP contribution in [0.25, 0.3) is 0 Å². The van der Waals surface area contributed by atoms with E-state index in [2.05, 4.69) is 16.0 Å². The molecule has 1 aliphatic rings. The summed E-state index contributed by atoms with van der Waals surface area (Å²) in [6.45, 7) is 6.26. The summed E-state index contributed by atoms with van der Waals surface area (Å²) >= 11 is 0. The van der Waals surface area contributed by atoms with Crippen molar-refractivity contribution in [3.05, 3.63) is 78.1 Å². The van der Waals surface area contributed by atoms with Crippen LogP contribution in [0.1, 0.15) is 50.4 Å². The van der Waals surface area contributed by atoms with Crippen molar-refractivity contribution in [3.63, 3.8) is 0 Å². The fraction of sp³-hybridized carbons (Fsp3) is 0.432. The van der Waals surface area contributed by atoms with Crippen LogP contribution in [0.3, 0.4) is 0 Å². The van der Waals surface area contributed by atoms with Gasteiger partial charge in [-0.05, 0) is 99.8 Å². The first-order valence-electron chi connectivity index (χ1n) is 16.8. The summed E-state index contributed by atoms with van der Waals surface area (Å²) in [5.74, 6) is -0.0404. The molecule has 13 heteroatoms. The van der Waals surface area contributed by atoms with Gasteiger partial charge >= 0.3 is 12.1 Å². The Labute approximate surface area is 292 Å². The summed E-state index contributed by atoms with van der Waals surface area (Å²) in [5.41, 5.74) is 1.57. The third-order valence-electron chi connectivity index (χ3n) is 8.55. The number of anilines is 3. The Bertz CT molecular complexity index is 1570. The van der Waals surface area contributed by atoms with Crippen LogP contribution >= 0.6 is 0 Å². The molecule has 0 saturated heterocycles. The molecule has 4 N–H and O–H groups in total. The van der Waals surface area contributed by atoms with Crippen molar-refractivity contribution in [1.29, 1.82) is 0 Å². The van der Waals surface area contributed by atoms with Crippen molar-refractivity contribution in [2.24, 2.45) is 5.92 Å². The maximum absolute atomic E-state index is 14.4. The summed E-state index contributed by atoms with van der Waals surface area (Å²) in [7, 11) is 3.27. The fourth-order valence-corrected chi connectivity index (χ4v) is 5.54. The van der Waals surface area contributed by atoms with E-state index in [4.69, 9.17) is 14.2 Å². The van der Waals surface area contributed by atoms with Gasteiger partial charge in [0.25, 0.3) is 5.91 Å². The first kappa shape index (κ1) is 37.9. The van der Waals surface area contributed by atoms with Crippen molar-refractivity contribution in [3.8, 4) is 11.5 Å². The first-order chi connectivity index (χ1) is 24.0. The summed E-state index contributed by atoms with van der Waals surface area (Å²) in [6, 6.07) is 15.8. The summed E-state index contributed by atoms with van der Waals surface area (Å²) in [5, 5.41) is 18.5. The van der Waals surface area contributed by atoms with Crippen LogP contribution in [0, 0.1) is 11.7 Å². The average molecular weight is 694 g/mol. The van der Waals surface area contributed by atoms with E-state index >= 15 is 0 Å². The van der Waals surface area contributed by atoms with Gasteiger partial charge in [0.1, 0.15) is 17.3 Å². The van der Waals surface area contributed by atoms with E-state index in [-0.39, 0.29) is 43.3 Å². The zero-order valence-corrected chi connectivity index (χ0v) is 29.3. The van der Waals surface area contributed by atoms with Crippen molar-refractivity contribution in [2.45, 2.75) is 58.3 Å². The number of nitrogens with zero attached hydrogens (tertiary/aromatic N) is 2. The maximum atomic E-state index is 14.4. The van der Waals surface area contributed by atoms with E-state index in [0.29, 0.717) is 41.6 Å². The Hall–Kier alpha value is -4.88. The lowest BCUT2D eigenvalue weighted by molar-refractivity contribution is -0.0115. The molecule has 0 radical (unpaired) electrons. The Morgan fingerprint density at radius 2 is 1.64 bits per heavy atom. The number of methoxy groups -OCH3 is 1. The van der Waals surface area contributed by atoms with Crippen molar-refractivity contribution >= 4 is 35.0 Å². The lowest BCUT2D eigenvalue weighted by atomic mass is 10.0. The van der Waals surface area contributed by atoms with Gasteiger partial charge in [-0.3, -0.25) is 4.79 Å². The predicted molar refractivity (Wildman–Crippen MR) is 191 cm³/mol. The van der Waals surface area contributed by atoms with Gasteiger partial charge in [-0.2, -0.15) is 0 Å². The highest BCUT2D eigenvalue weighted by molar-refractivity contribution is 6.02. The summed E-state index contributed by atoms with van der Waals surface area (Å²) in [6.07, 6.45) is 1.64. The number of amides is 5. The quantitative estimate of drug-likeness (QED) is 0.213. The number of urea groups is 2. The number of benzene rings is 3. The van der Waals surface area contributed by atoms with Crippen LogP contribution in [0.15, 0.2) is 66.7 Å². The fourth-order valence-electron chi connectivity index (χ4n) is 5.54. The average Bonchev–Trinajstić information content (AvgIpc) is 3.10. The monoisotopic (exact) mass is 693 g/mol. The molecular formula is C37H48FN5O7. The van der Waals surface area contributed by atoms with Gasteiger partial charge in [0, 0.05) is 49.7 Å². The second-order valence-electron chi connectivity index (χ2n) is 12.6. The molecule has 0 aliphatic carbocycles. The highest BCUT2D eigenvalue weighted by Gasteiger charge is 2.31. The molecule has 1 heterocycles. The van der Waals surface area contributed by atoms with Crippen LogP contribution in [-0.4, -0.2) is 91.6 Å². The van der Waals surface area contributed by atoms with Gasteiger partial charge in [0.2, 0.25) is 0 Å². The van der Waals surface area contributed by atoms with E-state index < -0.39 is 29.9 Å². The minimum atomic E-state index is -0.575. The number of rotatable bonds is 8.